The predicted octanol–water partition coefficient (Wildman–Crippen LogP) is 3.07. The molecule has 1 aromatic heterocycles. The smallest absolute Gasteiger partial charge is 0.253 e. The van der Waals surface area contributed by atoms with Crippen LogP contribution in [0.3, 0.4) is 0 Å². The van der Waals surface area contributed by atoms with E-state index in [1.807, 2.05) is 13.0 Å². The number of rotatable bonds is 5. The molecule has 2 N–H and O–H groups in total. The fourth-order valence-electron chi connectivity index (χ4n) is 1.91. The molecule has 7 heteroatoms. The normalized spacial score (nSPS) is 10.2. The van der Waals surface area contributed by atoms with Crippen LogP contribution in [0.5, 0.6) is 0 Å². The summed E-state index contributed by atoms with van der Waals surface area (Å²) in [5, 5.41) is 5.85. The molecule has 2 rings (SSSR count). The number of hydrogen-bond donors (Lipinski definition) is 2. The Hall–Kier alpha value is -2.11. The highest BCUT2D eigenvalue weighted by Crippen LogP contribution is 2.19. The van der Waals surface area contributed by atoms with Gasteiger partial charge in [-0.25, -0.2) is 4.98 Å². The van der Waals surface area contributed by atoms with Crippen molar-refractivity contribution in [2.75, 3.05) is 6.54 Å². The molecule has 0 fully saturated rings. The van der Waals surface area contributed by atoms with Crippen molar-refractivity contribution in [2.24, 2.45) is 0 Å². The van der Waals surface area contributed by atoms with Crippen molar-refractivity contribution in [3.05, 3.63) is 63.4 Å². The van der Waals surface area contributed by atoms with E-state index in [2.05, 4.69) is 15.6 Å². The van der Waals surface area contributed by atoms with Crippen LogP contribution in [-0.4, -0.2) is 23.3 Å². The molecule has 23 heavy (non-hydrogen) atoms. The van der Waals surface area contributed by atoms with Crippen LogP contribution < -0.4 is 10.6 Å². The summed E-state index contributed by atoms with van der Waals surface area (Å²) >= 11 is 11.6. The van der Waals surface area contributed by atoms with Crippen molar-refractivity contribution in [1.82, 2.24) is 15.6 Å². The minimum atomic E-state index is -0.320. The lowest BCUT2D eigenvalue weighted by atomic mass is 10.1. The Morgan fingerprint density at radius 2 is 1.83 bits per heavy atom. The molecule has 0 bridgehead atoms. The Morgan fingerprint density at radius 3 is 2.52 bits per heavy atom. The summed E-state index contributed by atoms with van der Waals surface area (Å²) in [7, 11) is 0. The van der Waals surface area contributed by atoms with Gasteiger partial charge in [0.05, 0.1) is 10.6 Å². The number of pyridine rings is 1. The first-order valence-corrected chi connectivity index (χ1v) is 7.73. The van der Waals surface area contributed by atoms with Crippen LogP contribution in [0.25, 0.3) is 0 Å². The molecular formula is C16H15Cl2N3O2. The fourth-order valence-corrected chi connectivity index (χ4v) is 2.18. The van der Waals surface area contributed by atoms with Gasteiger partial charge in [0.25, 0.3) is 11.8 Å². The molecule has 2 aromatic rings. The molecule has 0 atom stereocenters. The molecule has 120 valence electrons. The van der Waals surface area contributed by atoms with E-state index in [0.717, 1.165) is 5.56 Å². The largest absolute Gasteiger partial charge is 0.352 e. The zero-order valence-corrected chi connectivity index (χ0v) is 13.9. The Labute approximate surface area is 144 Å². The van der Waals surface area contributed by atoms with Gasteiger partial charge in [0.2, 0.25) is 0 Å². The molecule has 2 amide bonds. The number of carbonyl (C=O) groups is 2. The fraction of sp³-hybridized carbons (Fsp3) is 0.188. The van der Waals surface area contributed by atoms with Crippen molar-refractivity contribution >= 4 is 35.0 Å². The minimum Gasteiger partial charge on any atom is -0.352 e. The van der Waals surface area contributed by atoms with Crippen LogP contribution in [0.2, 0.25) is 10.2 Å². The molecule has 0 aliphatic heterocycles. The molecule has 1 aromatic carbocycles. The summed E-state index contributed by atoms with van der Waals surface area (Å²) in [6.07, 6.45) is 1.36. The van der Waals surface area contributed by atoms with Gasteiger partial charge in [0.1, 0.15) is 5.15 Å². The third-order valence-corrected chi connectivity index (χ3v) is 3.72. The average Bonchev–Trinajstić information content (AvgIpc) is 2.55. The maximum absolute atomic E-state index is 12.1. The summed E-state index contributed by atoms with van der Waals surface area (Å²) in [5.74, 6) is -0.464. The first-order valence-electron chi connectivity index (χ1n) is 6.97. The van der Waals surface area contributed by atoms with Crippen LogP contribution in [0, 0.1) is 0 Å². The lowest BCUT2D eigenvalue weighted by Gasteiger charge is -2.08. The first-order chi connectivity index (χ1) is 11.0. The monoisotopic (exact) mass is 351 g/mol. The van der Waals surface area contributed by atoms with Crippen molar-refractivity contribution < 1.29 is 9.59 Å². The summed E-state index contributed by atoms with van der Waals surface area (Å²) in [4.78, 5) is 27.7. The molecule has 5 nitrogen and oxygen atoms in total. The number of nitrogens with zero attached hydrogens (tertiary/aromatic N) is 1. The summed E-state index contributed by atoms with van der Waals surface area (Å²) < 4.78 is 0. The second kappa shape index (κ2) is 7.94. The Balaban J connectivity index is 2.02. The van der Waals surface area contributed by atoms with Crippen molar-refractivity contribution in [3.63, 3.8) is 0 Å². The van der Waals surface area contributed by atoms with Gasteiger partial charge in [0.15, 0.2) is 0 Å². The molecule has 1 heterocycles. The second-order valence-electron chi connectivity index (χ2n) is 4.74. The van der Waals surface area contributed by atoms with Gasteiger partial charge in [-0.3, -0.25) is 9.59 Å². The highest BCUT2D eigenvalue weighted by molar-refractivity contribution is 6.41. The van der Waals surface area contributed by atoms with Gasteiger partial charge in [-0.1, -0.05) is 35.3 Å². The second-order valence-corrected chi connectivity index (χ2v) is 5.50. The van der Waals surface area contributed by atoms with Crippen LogP contribution in [0.4, 0.5) is 0 Å². The van der Waals surface area contributed by atoms with E-state index < -0.39 is 0 Å². The van der Waals surface area contributed by atoms with E-state index >= 15 is 0 Å². The standard InChI is InChI=1S/C16H15Cl2N3O2/c1-2-19-15(22)11-5-3-4-10(6-11)8-21-16(23)12-7-13(17)14(18)20-9-12/h3-7,9H,2,8H2,1H3,(H,19,22)(H,21,23). The molecule has 0 spiro atoms. The average molecular weight is 352 g/mol. The number of amides is 2. The lowest BCUT2D eigenvalue weighted by molar-refractivity contribution is 0.0946. The van der Waals surface area contributed by atoms with Crippen LogP contribution in [-0.2, 0) is 6.54 Å². The van der Waals surface area contributed by atoms with Gasteiger partial charge in [-0.2, -0.15) is 0 Å². The van der Waals surface area contributed by atoms with Crippen molar-refractivity contribution in [1.29, 1.82) is 0 Å². The lowest BCUT2D eigenvalue weighted by Crippen LogP contribution is -2.24. The SMILES string of the molecule is CCNC(=O)c1cccc(CNC(=O)c2cnc(Cl)c(Cl)c2)c1. The van der Waals surface area contributed by atoms with E-state index in [1.165, 1.54) is 12.3 Å². The van der Waals surface area contributed by atoms with Crippen molar-refractivity contribution in [2.45, 2.75) is 13.5 Å². The van der Waals surface area contributed by atoms with E-state index in [0.29, 0.717) is 17.7 Å². The zero-order valence-electron chi connectivity index (χ0n) is 12.4. The Kier molecular flexibility index (Phi) is 5.96. The van der Waals surface area contributed by atoms with E-state index in [-0.39, 0.29) is 28.5 Å². The van der Waals surface area contributed by atoms with Gasteiger partial charge >= 0.3 is 0 Å². The number of carbonyl (C=O) groups excluding carboxylic acids is 2. The highest BCUT2D eigenvalue weighted by atomic mass is 35.5. The first kappa shape index (κ1) is 17.2. The third kappa shape index (κ3) is 4.68. The highest BCUT2D eigenvalue weighted by Gasteiger charge is 2.10. The molecule has 0 saturated carbocycles. The molecule has 0 unspecified atom stereocenters. The number of halogens is 2. The van der Waals surface area contributed by atoms with Crippen LogP contribution in [0.1, 0.15) is 33.2 Å². The van der Waals surface area contributed by atoms with E-state index in [1.54, 1.807) is 18.2 Å². The Bertz CT molecular complexity index is 735. The van der Waals surface area contributed by atoms with Crippen LogP contribution >= 0.6 is 23.2 Å². The molecule has 0 saturated heterocycles. The number of aromatic nitrogens is 1. The minimum absolute atomic E-state index is 0.144. The number of hydrogen-bond acceptors (Lipinski definition) is 3. The van der Waals surface area contributed by atoms with Gasteiger partial charge in [-0.05, 0) is 30.7 Å². The summed E-state index contributed by atoms with van der Waals surface area (Å²) in [5.41, 5.74) is 1.68. The molecular weight excluding hydrogens is 337 g/mol. The van der Waals surface area contributed by atoms with E-state index in [4.69, 9.17) is 23.2 Å². The number of nitrogens with one attached hydrogen (secondary N) is 2. The molecule has 0 aliphatic rings. The predicted molar refractivity (Wildman–Crippen MR) is 89.9 cm³/mol. The summed E-state index contributed by atoms with van der Waals surface area (Å²) in [6.45, 7) is 2.70. The van der Waals surface area contributed by atoms with Crippen molar-refractivity contribution in [3.8, 4) is 0 Å². The van der Waals surface area contributed by atoms with E-state index in [9.17, 15) is 9.59 Å². The van der Waals surface area contributed by atoms with Gasteiger partial charge < -0.3 is 10.6 Å². The number of benzene rings is 1. The maximum atomic E-state index is 12.1. The summed E-state index contributed by atoms with van der Waals surface area (Å²) in [6, 6.07) is 8.51. The molecule has 0 aliphatic carbocycles. The van der Waals surface area contributed by atoms with Gasteiger partial charge in [-0.15, -0.1) is 0 Å². The quantitative estimate of drug-likeness (QED) is 0.813. The topological polar surface area (TPSA) is 71.1 Å². The Morgan fingerprint density at radius 1 is 1.09 bits per heavy atom. The zero-order chi connectivity index (χ0) is 16.8. The maximum Gasteiger partial charge on any atom is 0.253 e. The third-order valence-electron chi connectivity index (χ3n) is 3.04. The van der Waals surface area contributed by atoms with Gasteiger partial charge in [0, 0.05) is 24.8 Å². The van der Waals surface area contributed by atoms with Crippen LogP contribution in [0.15, 0.2) is 36.5 Å². The molecule has 0 radical (unpaired) electrons.